The average molecular weight is 566 g/mol. The molecule has 5 rings (SSSR count). The Labute approximate surface area is 240 Å². The maximum Gasteiger partial charge on any atom is 0.313 e. The van der Waals surface area contributed by atoms with Crippen LogP contribution in [0.1, 0.15) is 51.2 Å². The monoisotopic (exact) mass is 565 g/mol. The number of likely N-dealkylation sites (tertiary alicyclic amines) is 1. The molecule has 10 heteroatoms. The van der Waals surface area contributed by atoms with E-state index in [0.717, 1.165) is 5.56 Å². The van der Waals surface area contributed by atoms with Crippen molar-refractivity contribution < 1.29 is 33.8 Å². The zero-order valence-corrected chi connectivity index (χ0v) is 23.6. The lowest BCUT2D eigenvalue weighted by molar-refractivity contribution is -0.160. The number of unbranched alkanes of at least 4 members (excludes halogenated alkanes) is 1. The lowest BCUT2D eigenvalue weighted by atomic mass is 9.77. The number of amides is 3. The average Bonchev–Trinajstić information content (AvgIpc) is 3.33. The SMILES string of the molecule is CC(C)N1CC=C[C@@]23O[C@H]4/C=C\CCC(=O)NC[C@H](c5ccccc5)OC(=O)[C@H]4[C@@H]2C(=O)N(CCCCO)[C@H]3C1=O. The second-order valence-corrected chi connectivity index (χ2v) is 11.4. The number of aliphatic hydroxyl groups is 1. The van der Waals surface area contributed by atoms with Crippen LogP contribution >= 0.6 is 0 Å². The summed E-state index contributed by atoms with van der Waals surface area (Å²) in [6.07, 6.45) is 7.27. The van der Waals surface area contributed by atoms with Crippen LogP contribution in [0.5, 0.6) is 0 Å². The zero-order chi connectivity index (χ0) is 29.1. The van der Waals surface area contributed by atoms with Crippen LogP contribution in [0.2, 0.25) is 0 Å². The predicted molar refractivity (Wildman–Crippen MR) is 149 cm³/mol. The molecule has 0 aliphatic carbocycles. The Bertz CT molecular complexity index is 1220. The summed E-state index contributed by atoms with van der Waals surface area (Å²) in [6, 6.07) is 8.12. The number of fused-ring (bicyclic) bond motifs is 2. The first-order valence-corrected chi connectivity index (χ1v) is 14.5. The summed E-state index contributed by atoms with van der Waals surface area (Å²) >= 11 is 0. The highest BCUT2D eigenvalue weighted by Gasteiger charge is 2.71. The van der Waals surface area contributed by atoms with Gasteiger partial charge < -0.3 is 29.7 Å². The Balaban J connectivity index is 1.57. The molecule has 1 spiro atoms. The number of aliphatic hydroxyl groups excluding tert-OH is 1. The van der Waals surface area contributed by atoms with Crippen LogP contribution in [0.15, 0.2) is 54.6 Å². The maximum atomic E-state index is 14.2. The molecule has 1 aromatic carbocycles. The van der Waals surface area contributed by atoms with Crippen molar-refractivity contribution in [3.8, 4) is 0 Å². The van der Waals surface area contributed by atoms with Crippen LogP contribution < -0.4 is 5.32 Å². The van der Waals surface area contributed by atoms with Gasteiger partial charge in [-0.3, -0.25) is 19.2 Å². The number of nitrogens with zero attached hydrogens (tertiary/aromatic N) is 2. The number of hydrogen-bond donors (Lipinski definition) is 2. The number of cyclic esters (lactones) is 1. The molecule has 4 heterocycles. The molecule has 0 unspecified atom stereocenters. The van der Waals surface area contributed by atoms with Gasteiger partial charge in [0, 0.05) is 32.2 Å². The zero-order valence-electron chi connectivity index (χ0n) is 23.6. The first-order valence-electron chi connectivity index (χ1n) is 14.5. The van der Waals surface area contributed by atoms with Crippen LogP contribution in [0.25, 0.3) is 0 Å². The summed E-state index contributed by atoms with van der Waals surface area (Å²) < 4.78 is 12.7. The predicted octanol–water partition coefficient (Wildman–Crippen LogP) is 1.90. The Morgan fingerprint density at radius 1 is 1.07 bits per heavy atom. The topological polar surface area (TPSA) is 125 Å². The van der Waals surface area contributed by atoms with Gasteiger partial charge in [0.2, 0.25) is 17.7 Å². The maximum absolute atomic E-state index is 14.2. The summed E-state index contributed by atoms with van der Waals surface area (Å²) in [4.78, 5) is 58.1. The molecular formula is C31H39N3O7. The molecule has 2 saturated heterocycles. The van der Waals surface area contributed by atoms with Crippen molar-refractivity contribution in [1.29, 1.82) is 0 Å². The van der Waals surface area contributed by atoms with E-state index in [4.69, 9.17) is 9.47 Å². The van der Waals surface area contributed by atoms with Gasteiger partial charge in [0.1, 0.15) is 23.7 Å². The number of esters is 1. The molecule has 0 saturated carbocycles. The number of hydrogen-bond acceptors (Lipinski definition) is 7. The molecule has 0 radical (unpaired) electrons. The van der Waals surface area contributed by atoms with Gasteiger partial charge in [-0.25, -0.2) is 0 Å². The molecule has 0 bridgehead atoms. The van der Waals surface area contributed by atoms with Crippen LogP contribution in [0.4, 0.5) is 0 Å². The minimum Gasteiger partial charge on any atom is -0.455 e. The molecule has 6 atom stereocenters. The van der Waals surface area contributed by atoms with E-state index in [1.165, 1.54) is 0 Å². The van der Waals surface area contributed by atoms with Gasteiger partial charge in [-0.2, -0.15) is 0 Å². The van der Waals surface area contributed by atoms with E-state index in [1.54, 1.807) is 28.0 Å². The highest BCUT2D eigenvalue weighted by molar-refractivity contribution is 5.99. The van der Waals surface area contributed by atoms with Crippen LogP contribution in [-0.4, -0.2) is 88.6 Å². The molecule has 2 N–H and O–H groups in total. The summed E-state index contributed by atoms with van der Waals surface area (Å²) in [5, 5.41) is 12.2. The van der Waals surface area contributed by atoms with Crippen LogP contribution in [0, 0.1) is 11.8 Å². The summed E-state index contributed by atoms with van der Waals surface area (Å²) in [6.45, 7) is 4.55. The summed E-state index contributed by atoms with van der Waals surface area (Å²) in [7, 11) is 0. The highest BCUT2D eigenvalue weighted by Crippen LogP contribution is 2.53. The van der Waals surface area contributed by atoms with E-state index in [-0.39, 0.29) is 49.9 Å². The van der Waals surface area contributed by atoms with Crippen molar-refractivity contribution in [3.05, 3.63) is 60.2 Å². The third-order valence-electron chi connectivity index (χ3n) is 8.51. The Morgan fingerprint density at radius 3 is 2.59 bits per heavy atom. The molecule has 4 aliphatic rings. The minimum atomic E-state index is -1.35. The third kappa shape index (κ3) is 5.42. The van der Waals surface area contributed by atoms with E-state index in [1.807, 2.05) is 50.3 Å². The number of carbonyl (C=O) groups excluding carboxylic acids is 4. The number of rotatable bonds is 6. The first-order chi connectivity index (χ1) is 19.8. The molecule has 220 valence electrons. The fourth-order valence-electron chi connectivity index (χ4n) is 6.52. The lowest BCUT2D eigenvalue weighted by Gasteiger charge is -2.36. The van der Waals surface area contributed by atoms with Crippen LogP contribution in [-0.2, 0) is 28.7 Å². The highest BCUT2D eigenvalue weighted by atomic mass is 16.6. The number of benzene rings is 1. The molecule has 0 aromatic heterocycles. The largest absolute Gasteiger partial charge is 0.455 e. The summed E-state index contributed by atoms with van der Waals surface area (Å²) in [5.74, 6) is -3.28. The van der Waals surface area contributed by atoms with Crippen molar-refractivity contribution in [2.24, 2.45) is 11.8 Å². The van der Waals surface area contributed by atoms with E-state index in [0.29, 0.717) is 25.8 Å². The summed E-state index contributed by atoms with van der Waals surface area (Å²) in [5.41, 5.74) is -0.635. The molecule has 10 nitrogen and oxygen atoms in total. The Morgan fingerprint density at radius 2 is 1.85 bits per heavy atom. The van der Waals surface area contributed by atoms with E-state index >= 15 is 0 Å². The smallest absolute Gasteiger partial charge is 0.313 e. The minimum absolute atomic E-state index is 0.0248. The van der Waals surface area contributed by atoms with Crippen LogP contribution in [0.3, 0.4) is 0 Å². The van der Waals surface area contributed by atoms with E-state index in [2.05, 4.69) is 5.32 Å². The van der Waals surface area contributed by atoms with Gasteiger partial charge >= 0.3 is 5.97 Å². The number of ether oxygens (including phenoxy) is 2. The number of carbonyl (C=O) groups is 4. The van der Waals surface area contributed by atoms with Crippen molar-refractivity contribution in [1.82, 2.24) is 15.1 Å². The molecular weight excluding hydrogens is 526 g/mol. The van der Waals surface area contributed by atoms with Crippen molar-refractivity contribution in [3.63, 3.8) is 0 Å². The van der Waals surface area contributed by atoms with Gasteiger partial charge in [0.05, 0.1) is 18.6 Å². The van der Waals surface area contributed by atoms with Gasteiger partial charge in [-0.1, -0.05) is 54.6 Å². The molecule has 4 aliphatic heterocycles. The van der Waals surface area contributed by atoms with E-state index < -0.39 is 41.7 Å². The van der Waals surface area contributed by atoms with Crippen molar-refractivity contribution in [2.75, 3.05) is 26.2 Å². The fraction of sp³-hybridized carbons (Fsp3) is 0.548. The normalized spacial score (nSPS) is 32.8. The second-order valence-electron chi connectivity index (χ2n) is 11.4. The van der Waals surface area contributed by atoms with Crippen molar-refractivity contribution in [2.45, 2.75) is 69.4 Å². The fourth-order valence-corrected chi connectivity index (χ4v) is 6.52. The Hall–Kier alpha value is -3.50. The van der Waals surface area contributed by atoms with Gasteiger partial charge in [-0.05, 0) is 38.7 Å². The molecule has 1 aromatic rings. The van der Waals surface area contributed by atoms with Gasteiger partial charge in [0.25, 0.3) is 0 Å². The van der Waals surface area contributed by atoms with Gasteiger partial charge in [-0.15, -0.1) is 0 Å². The number of allylic oxidation sites excluding steroid dienone is 1. The quantitative estimate of drug-likeness (QED) is 0.307. The molecule has 2 fully saturated rings. The first kappa shape index (κ1) is 29.0. The van der Waals surface area contributed by atoms with E-state index in [9.17, 15) is 24.3 Å². The number of nitrogens with one attached hydrogen (secondary N) is 1. The second kappa shape index (κ2) is 12.2. The molecule has 3 amide bonds. The Kier molecular flexibility index (Phi) is 8.60. The lowest BCUT2D eigenvalue weighted by Crippen LogP contribution is -2.56. The third-order valence-corrected chi connectivity index (χ3v) is 8.51. The standard InChI is InChI=1S/C31H39N3O7/c1-20(2)33-17-10-15-31-26(28(37)34(16-8-9-18-35)27(31)29(33)38)25-22(41-31)13-6-7-14-24(36)32-19-23(40-30(25)39)21-11-4-3-5-12-21/h3-6,10-13,15,20,22-23,25-27,35H,7-9,14,16-19H2,1-2H3,(H,32,36)/b13-6-/t22-,23+,25+,26+,27-,31+/m0/s1. The molecule has 41 heavy (non-hydrogen) atoms. The van der Waals surface area contributed by atoms with Crippen molar-refractivity contribution >= 4 is 23.7 Å². The van der Waals surface area contributed by atoms with Gasteiger partial charge in [0.15, 0.2) is 0 Å².